The second-order valence-electron chi connectivity index (χ2n) is 6.38. The Morgan fingerprint density at radius 2 is 2.05 bits per heavy atom. The van der Waals surface area contributed by atoms with Crippen molar-refractivity contribution in [1.29, 1.82) is 0 Å². The van der Waals surface area contributed by atoms with Gasteiger partial charge in [0.05, 0.1) is 6.20 Å². The van der Waals surface area contributed by atoms with Crippen molar-refractivity contribution in [2.45, 2.75) is 33.1 Å². The third-order valence-corrected chi connectivity index (χ3v) is 4.90. The van der Waals surface area contributed by atoms with Crippen molar-refractivity contribution in [3.05, 3.63) is 29.5 Å². The zero-order valence-electron chi connectivity index (χ0n) is 12.9. The van der Waals surface area contributed by atoms with Gasteiger partial charge in [0.1, 0.15) is 4.88 Å². The SMILES string of the molecule is CC(C)CC1(CNC(=O)c2cnc(-c3ncccn3)s2)CC1. The van der Waals surface area contributed by atoms with Crippen molar-refractivity contribution in [2.24, 2.45) is 11.3 Å². The summed E-state index contributed by atoms with van der Waals surface area (Å²) in [6, 6.07) is 1.76. The Labute approximate surface area is 134 Å². The zero-order valence-corrected chi connectivity index (χ0v) is 13.7. The van der Waals surface area contributed by atoms with Crippen molar-refractivity contribution in [2.75, 3.05) is 6.54 Å². The molecule has 3 rings (SSSR count). The molecule has 116 valence electrons. The molecule has 0 saturated heterocycles. The minimum Gasteiger partial charge on any atom is -0.351 e. The smallest absolute Gasteiger partial charge is 0.263 e. The fourth-order valence-electron chi connectivity index (χ4n) is 2.74. The molecule has 2 aromatic heterocycles. The summed E-state index contributed by atoms with van der Waals surface area (Å²) in [7, 11) is 0. The number of nitrogens with zero attached hydrogens (tertiary/aromatic N) is 3. The number of carbonyl (C=O) groups is 1. The van der Waals surface area contributed by atoms with Crippen LogP contribution in [0.1, 0.15) is 42.8 Å². The van der Waals surface area contributed by atoms with Gasteiger partial charge in [-0.05, 0) is 36.7 Å². The Morgan fingerprint density at radius 3 is 2.68 bits per heavy atom. The van der Waals surface area contributed by atoms with Gasteiger partial charge < -0.3 is 5.32 Å². The van der Waals surface area contributed by atoms with E-state index in [1.165, 1.54) is 30.6 Å². The van der Waals surface area contributed by atoms with Crippen LogP contribution in [0.15, 0.2) is 24.7 Å². The summed E-state index contributed by atoms with van der Waals surface area (Å²) in [4.78, 5) is 25.4. The van der Waals surface area contributed by atoms with Crippen LogP contribution in [0.4, 0.5) is 0 Å². The molecule has 1 saturated carbocycles. The Hall–Kier alpha value is -1.82. The maximum Gasteiger partial charge on any atom is 0.263 e. The third-order valence-electron chi connectivity index (χ3n) is 3.91. The molecule has 1 aliphatic rings. The third kappa shape index (κ3) is 3.50. The highest BCUT2D eigenvalue weighted by Gasteiger charge is 2.42. The van der Waals surface area contributed by atoms with E-state index >= 15 is 0 Å². The summed E-state index contributed by atoms with van der Waals surface area (Å²) in [5.41, 5.74) is 0.333. The van der Waals surface area contributed by atoms with Crippen molar-refractivity contribution < 1.29 is 4.79 Å². The highest BCUT2D eigenvalue weighted by Crippen LogP contribution is 2.50. The molecule has 0 radical (unpaired) electrons. The number of thiazole rings is 1. The predicted octanol–water partition coefficient (Wildman–Crippen LogP) is 3.16. The molecule has 0 bridgehead atoms. The fourth-order valence-corrected chi connectivity index (χ4v) is 3.52. The van der Waals surface area contributed by atoms with Gasteiger partial charge in [0.2, 0.25) is 0 Å². The topological polar surface area (TPSA) is 67.8 Å². The average Bonchev–Trinajstić information content (AvgIpc) is 3.09. The van der Waals surface area contributed by atoms with Crippen LogP contribution >= 0.6 is 11.3 Å². The molecule has 1 fully saturated rings. The first kappa shape index (κ1) is 15.1. The van der Waals surface area contributed by atoms with E-state index in [4.69, 9.17) is 0 Å². The van der Waals surface area contributed by atoms with Crippen LogP contribution in [-0.2, 0) is 0 Å². The standard InChI is InChI=1S/C16H20N4OS/c1-11(2)8-16(4-5-16)10-20-14(21)12-9-19-15(22-12)13-17-6-3-7-18-13/h3,6-7,9,11H,4-5,8,10H2,1-2H3,(H,20,21). The summed E-state index contributed by atoms with van der Waals surface area (Å²) in [5, 5.41) is 3.74. The van der Waals surface area contributed by atoms with Gasteiger partial charge in [-0.1, -0.05) is 13.8 Å². The van der Waals surface area contributed by atoms with Crippen molar-refractivity contribution >= 4 is 17.2 Å². The molecule has 5 nitrogen and oxygen atoms in total. The second-order valence-corrected chi connectivity index (χ2v) is 7.41. The lowest BCUT2D eigenvalue weighted by Gasteiger charge is -2.17. The van der Waals surface area contributed by atoms with Gasteiger partial charge in [-0.15, -0.1) is 11.3 Å². The molecule has 0 aromatic carbocycles. The highest BCUT2D eigenvalue weighted by molar-refractivity contribution is 7.16. The number of rotatable bonds is 6. The lowest BCUT2D eigenvalue weighted by molar-refractivity contribution is 0.0946. The minimum absolute atomic E-state index is 0.0466. The molecular weight excluding hydrogens is 296 g/mol. The van der Waals surface area contributed by atoms with Gasteiger partial charge in [0.25, 0.3) is 5.91 Å². The molecule has 1 amide bonds. The molecular formula is C16H20N4OS. The lowest BCUT2D eigenvalue weighted by atomic mass is 9.94. The number of hydrogen-bond donors (Lipinski definition) is 1. The maximum atomic E-state index is 12.3. The molecule has 1 N–H and O–H groups in total. The molecule has 22 heavy (non-hydrogen) atoms. The summed E-state index contributed by atoms with van der Waals surface area (Å²) < 4.78 is 0. The van der Waals surface area contributed by atoms with Crippen molar-refractivity contribution in [1.82, 2.24) is 20.3 Å². The van der Waals surface area contributed by atoms with Crippen LogP contribution in [0.25, 0.3) is 10.8 Å². The van der Waals surface area contributed by atoms with E-state index in [1.54, 1.807) is 24.7 Å². The molecule has 0 unspecified atom stereocenters. The minimum atomic E-state index is -0.0466. The maximum absolute atomic E-state index is 12.3. The van der Waals surface area contributed by atoms with E-state index in [0.717, 1.165) is 6.54 Å². The molecule has 0 spiro atoms. The summed E-state index contributed by atoms with van der Waals surface area (Å²) in [6.07, 6.45) is 8.57. The van der Waals surface area contributed by atoms with Crippen molar-refractivity contribution in [3.63, 3.8) is 0 Å². The summed E-state index contributed by atoms with van der Waals surface area (Å²) in [6.45, 7) is 5.23. The van der Waals surface area contributed by atoms with Crippen LogP contribution in [0.2, 0.25) is 0 Å². The number of hydrogen-bond acceptors (Lipinski definition) is 5. The number of nitrogens with one attached hydrogen (secondary N) is 1. The second kappa shape index (κ2) is 6.12. The first-order valence-electron chi connectivity index (χ1n) is 7.59. The molecule has 6 heteroatoms. The van der Waals surface area contributed by atoms with Crippen LogP contribution in [0.5, 0.6) is 0 Å². The van der Waals surface area contributed by atoms with Crippen LogP contribution in [0.3, 0.4) is 0 Å². The van der Waals surface area contributed by atoms with E-state index in [0.29, 0.717) is 27.0 Å². The number of amides is 1. The van der Waals surface area contributed by atoms with Gasteiger partial charge in [0, 0.05) is 18.9 Å². The summed E-state index contributed by atoms with van der Waals surface area (Å²) >= 11 is 1.33. The van der Waals surface area contributed by atoms with Gasteiger partial charge in [-0.25, -0.2) is 15.0 Å². The predicted molar refractivity (Wildman–Crippen MR) is 86.6 cm³/mol. The fraction of sp³-hybridized carbons (Fsp3) is 0.500. The van der Waals surface area contributed by atoms with Crippen LogP contribution in [0, 0.1) is 11.3 Å². The highest BCUT2D eigenvalue weighted by atomic mass is 32.1. The number of aromatic nitrogens is 3. The number of carbonyl (C=O) groups excluding carboxylic acids is 1. The van der Waals surface area contributed by atoms with Gasteiger partial charge in [-0.2, -0.15) is 0 Å². The van der Waals surface area contributed by atoms with E-state index in [2.05, 4.69) is 34.1 Å². The van der Waals surface area contributed by atoms with E-state index < -0.39 is 0 Å². The Kier molecular flexibility index (Phi) is 4.20. The average molecular weight is 316 g/mol. The van der Waals surface area contributed by atoms with Crippen LogP contribution in [-0.4, -0.2) is 27.4 Å². The molecule has 0 atom stereocenters. The molecule has 0 aliphatic heterocycles. The van der Waals surface area contributed by atoms with Gasteiger partial charge in [-0.3, -0.25) is 4.79 Å². The largest absolute Gasteiger partial charge is 0.351 e. The first-order valence-corrected chi connectivity index (χ1v) is 8.41. The van der Waals surface area contributed by atoms with Crippen molar-refractivity contribution in [3.8, 4) is 10.8 Å². The van der Waals surface area contributed by atoms with E-state index in [1.807, 2.05) is 0 Å². The van der Waals surface area contributed by atoms with Gasteiger partial charge >= 0.3 is 0 Å². The zero-order chi connectivity index (χ0) is 15.6. The first-order chi connectivity index (χ1) is 10.6. The molecule has 1 aliphatic carbocycles. The molecule has 2 heterocycles. The lowest BCUT2D eigenvalue weighted by Crippen LogP contribution is -2.30. The van der Waals surface area contributed by atoms with Crippen LogP contribution < -0.4 is 5.32 Å². The quantitative estimate of drug-likeness (QED) is 0.889. The van der Waals surface area contributed by atoms with Gasteiger partial charge in [0.15, 0.2) is 10.8 Å². The Morgan fingerprint density at radius 1 is 1.32 bits per heavy atom. The normalized spacial score (nSPS) is 15.8. The Bertz CT molecular complexity index is 649. The monoisotopic (exact) mass is 316 g/mol. The molecule has 2 aromatic rings. The summed E-state index contributed by atoms with van der Waals surface area (Å²) in [5.74, 6) is 1.18. The Balaban J connectivity index is 1.61. The van der Waals surface area contributed by atoms with E-state index in [9.17, 15) is 4.79 Å². The van der Waals surface area contributed by atoms with E-state index in [-0.39, 0.29) is 5.91 Å².